The number of nitrogens with one attached hydrogen (secondary N) is 1. The van der Waals surface area contributed by atoms with Crippen molar-refractivity contribution in [1.82, 2.24) is 20.1 Å². The first-order valence-corrected chi connectivity index (χ1v) is 10.8. The highest BCUT2D eigenvalue weighted by Gasteiger charge is 2.25. The lowest BCUT2D eigenvalue weighted by atomic mass is 10.2. The lowest BCUT2D eigenvalue weighted by molar-refractivity contribution is -0.120. The van der Waals surface area contributed by atoms with Crippen molar-refractivity contribution in [2.24, 2.45) is 0 Å². The summed E-state index contributed by atoms with van der Waals surface area (Å²) in [6.07, 6.45) is 5.65. The van der Waals surface area contributed by atoms with E-state index in [9.17, 15) is 9.18 Å². The number of nitrogens with zero attached hydrogens (tertiary/aromatic N) is 3. The van der Waals surface area contributed by atoms with E-state index < -0.39 is 11.9 Å². The Kier molecular flexibility index (Phi) is 7.30. The van der Waals surface area contributed by atoms with Gasteiger partial charge in [-0.05, 0) is 38.8 Å². The fourth-order valence-electron chi connectivity index (χ4n) is 3.37. The third-order valence-electron chi connectivity index (χ3n) is 4.91. The van der Waals surface area contributed by atoms with E-state index in [1.165, 1.54) is 30.7 Å². The molecule has 1 aliphatic carbocycles. The summed E-state index contributed by atoms with van der Waals surface area (Å²) in [5, 5.41) is 11.9. The molecule has 156 valence electrons. The maximum atomic E-state index is 13.9. The van der Waals surface area contributed by atoms with E-state index in [2.05, 4.69) is 22.1 Å². The molecule has 2 atom stereocenters. The lowest BCUT2D eigenvalue weighted by Crippen LogP contribution is -2.37. The van der Waals surface area contributed by atoms with Gasteiger partial charge in [-0.2, -0.15) is 0 Å². The standard InChI is InChI=1S/C21H27FN4O2S/c1-4-13-26-19(14(2)28-18-12-8-7-11-17(18)22)24-25-21(26)29-15(3)20(27)23-16-9-5-6-10-16/h4,7-8,11-12,14-16H,1,5-6,9-10,13H2,2-3H3,(H,23,27). The Bertz CT molecular complexity index is 851. The van der Waals surface area contributed by atoms with Crippen molar-refractivity contribution in [3.05, 3.63) is 48.6 Å². The number of thioether (sulfide) groups is 1. The fourth-order valence-corrected chi connectivity index (χ4v) is 4.25. The summed E-state index contributed by atoms with van der Waals surface area (Å²) in [6.45, 7) is 7.91. The van der Waals surface area contributed by atoms with Crippen LogP contribution in [0, 0.1) is 5.82 Å². The van der Waals surface area contributed by atoms with Gasteiger partial charge >= 0.3 is 0 Å². The van der Waals surface area contributed by atoms with Crippen LogP contribution in [0.2, 0.25) is 0 Å². The molecule has 8 heteroatoms. The van der Waals surface area contributed by atoms with Gasteiger partial charge in [0.25, 0.3) is 0 Å². The Morgan fingerprint density at radius 3 is 2.79 bits per heavy atom. The molecule has 1 aromatic heterocycles. The normalized spacial score (nSPS) is 16.4. The molecule has 29 heavy (non-hydrogen) atoms. The van der Waals surface area contributed by atoms with E-state index >= 15 is 0 Å². The molecule has 1 amide bonds. The van der Waals surface area contributed by atoms with Crippen molar-refractivity contribution in [1.29, 1.82) is 0 Å². The van der Waals surface area contributed by atoms with E-state index in [1.54, 1.807) is 31.2 Å². The molecule has 0 aliphatic heterocycles. The van der Waals surface area contributed by atoms with Gasteiger partial charge < -0.3 is 10.1 Å². The van der Waals surface area contributed by atoms with Crippen molar-refractivity contribution in [2.75, 3.05) is 0 Å². The van der Waals surface area contributed by atoms with Crippen LogP contribution in [-0.4, -0.2) is 32.0 Å². The summed E-state index contributed by atoms with van der Waals surface area (Å²) >= 11 is 1.35. The molecule has 2 aromatic rings. The van der Waals surface area contributed by atoms with Crippen LogP contribution in [0.4, 0.5) is 4.39 Å². The first-order chi connectivity index (χ1) is 14.0. The summed E-state index contributed by atoms with van der Waals surface area (Å²) in [6, 6.07) is 6.53. The van der Waals surface area contributed by atoms with E-state index in [-0.39, 0.29) is 22.9 Å². The van der Waals surface area contributed by atoms with E-state index in [0.29, 0.717) is 17.5 Å². The monoisotopic (exact) mass is 418 g/mol. The summed E-state index contributed by atoms with van der Waals surface area (Å²) in [5.41, 5.74) is 0. The zero-order chi connectivity index (χ0) is 20.8. The lowest BCUT2D eigenvalue weighted by Gasteiger charge is -2.18. The number of amides is 1. The van der Waals surface area contributed by atoms with Gasteiger partial charge in [0.05, 0.1) is 5.25 Å². The largest absolute Gasteiger partial charge is 0.480 e. The molecule has 1 saturated carbocycles. The van der Waals surface area contributed by atoms with E-state index in [1.807, 2.05) is 11.5 Å². The zero-order valence-electron chi connectivity index (χ0n) is 16.8. The highest BCUT2D eigenvalue weighted by Crippen LogP contribution is 2.28. The average molecular weight is 419 g/mol. The topological polar surface area (TPSA) is 69.0 Å². The SMILES string of the molecule is C=CCn1c(SC(C)C(=O)NC2CCCC2)nnc1C(C)Oc1ccccc1F. The second kappa shape index (κ2) is 9.91. The zero-order valence-corrected chi connectivity index (χ0v) is 17.6. The van der Waals surface area contributed by atoms with Crippen molar-refractivity contribution in [3.8, 4) is 5.75 Å². The molecular formula is C21H27FN4O2S. The van der Waals surface area contributed by atoms with Gasteiger partial charge in [-0.15, -0.1) is 16.8 Å². The van der Waals surface area contributed by atoms with Crippen LogP contribution in [0.25, 0.3) is 0 Å². The van der Waals surface area contributed by atoms with Gasteiger partial charge in [-0.3, -0.25) is 9.36 Å². The highest BCUT2D eigenvalue weighted by atomic mass is 32.2. The number of halogens is 1. The van der Waals surface area contributed by atoms with Crippen molar-refractivity contribution < 1.29 is 13.9 Å². The average Bonchev–Trinajstić information content (AvgIpc) is 3.34. The van der Waals surface area contributed by atoms with Crippen LogP contribution in [0.5, 0.6) is 5.75 Å². The molecule has 0 bridgehead atoms. The second-order valence-electron chi connectivity index (χ2n) is 7.18. The summed E-state index contributed by atoms with van der Waals surface area (Å²) in [7, 11) is 0. The number of carbonyl (C=O) groups is 1. The first-order valence-electron chi connectivity index (χ1n) is 9.91. The third-order valence-corrected chi connectivity index (χ3v) is 5.99. The summed E-state index contributed by atoms with van der Waals surface area (Å²) in [5.74, 6) is 0.291. The Morgan fingerprint density at radius 1 is 1.38 bits per heavy atom. The molecular weight excluding hydrogens is 391 g/mol. The number of benzene rings is 1. The molecule has 1 aromatic carbocycles. The molecule has 1 aliphatic rings. The number of hydrogen-bond donors (Lipinski definition) is 1. The Hall–Kier alpha value is -2.35. The molecule has 0 saturated heterocycles. The van der Waals surface area contributed by atoms with Crippen molar-refractivity contribution in [3.63, 3.8) is 0 Å². The number of para-hydroxylation sites is 1. The molecule has 1 heterocycles. The van der Waals surface area contributed by atoms with Crippen LogP contribution in [0.15, 0.2) is 42.1 Å². The molecule has 0 radical (unpaired) electrons. The molecule has 3 rings (SSSR count). The van der Waals surface area contributed by atoms with Gasteiger partial charge in [-0.1, -0.05) is 42.8 Å². The minimum atomic E-state index is -0.517. The maximum absolute atomic E-state index is 13.9. The number of carbonyl (C=O) groups excluding carboxylic acids is 1. The summed E-state index contributed by atoms with van der Waals surface area (Å²) < 4.78 is 21.5. The molecule has 2 unspecified atom stereocenters. The molecule has 1 fully saturated rings. The van der Waals surface area contributed by atoms with Gasteiger partial charge in [0.2, 0.25) is 5.91 Å². The smallest absolute Gasteiger partial charge is 0.233 e. The first kappa shape index (κ1) is 21.4. The van der Waals surface area contributed by atoms with Crippen LogP contribution in [0.1, 0.15) is 51.5 Å². The van der Waals surface area contributed by atoms with Gasteiger partial charge in [0.15, 0.2) is 28.7 Å². The van der Waals surface area contributed by atoms with Crippen molar-refractivity contribution >= 4 is 17.7 Å². The number of hydrogen-bond acceptors (Lipinski definition) is 5. The minimum absolute atomic E-state index is 0.00672. The summed E-state index contributed by atoms with van der Waals surface area (Å²) in [4.78, 5) is 12.5. The predicted octanol–water partition coefficient (Wildman–Crippen LogP) is 4.28. The van der Waals surface area contributed by atoms with Gasteiger partial charge in [0, 0.05) is 12.6 Å². The van der Waals surface area contributed by atoms with Crippen LogP contribution in [0.3, 0.4) is 0 Å². The quantitative estimate of drug-likeness (QED) is 0.486. The number of aromatic nitrogens is 3. The second-order valence-corrected chi connectivity index (χ2v) is 8.49. The van der Waals surface area contributed by atoms with Crippen molar-refractivity contribution in [2.45, 2.75) is 68.6 Å². The van der Waals surface area contributed by atoms with E-state index in [0.717, 1.165) is 12.8 Å². The van der Waals surface area contributed by atoms with Crippen LogP contribution >= 0.6 is 11.8 Å². The maximum Gasteiger partial charge on any atom is 0.233 e. The Balaban J connectivity index is 1.71. The number of allylic oxidation sites excluding steroid dienone is 1. The fraction of sp³-hybridized carbons (Fsp3) is 0.476. The van der Waals surface area contributed by atoms with Gasteiger partial charge in [0.1, 0.15) is 0 Å². The molecule has 1 N–H and O–H groups in total. The number of rotatable bonds is 9. The third kappa shape index (κ3) is 5.38. The van der Waals surface area contributed by atoms with Crippen LogP contribution in [-0.2, 0) is 11.3 Å². The highest BCUT2D eigenvalue weighted by molar-refractivity contribution is 8.00. The Labute approximate surface area is 174 Å². The molecule has 6 nitrogen and oxygen atoms in total. The number of ether oxygens (including phenoxy) is 1. The minimum Gasteiger partial charge on any atom is -0.480 e. The van der Waals surface area contributed by atoms with Gasteiger partial charge in [-0.25, -0.2) is 4.39 Å². The molecule has 0 spiro atoms. The Morgan fingerprint density at radius 2 is 2.10 bits per heavy atom. The predicted molar refractivity (Wildman–Crippen MR) is 111 cm³/mol. The van der Waals surface area contributed by atoms with E-state index in [4.69, 9.17) is 4.74 Å². The van der Waals surface area contributed by atoms with Crippen LogP contribution < -0.4 is 10.1 Å².